The molecule has 0 fully saturated rings. The standard InChI is InChI=1S/C14H14BrNO2S/c1-18-9-11-5-3-2-4-10(11)8-16-14(17)13-12(15)6-7-19-13/h2-7H,8-9H2,1H3,(H,16,17). The smallest absolute Gasteiger partial charge is 0.262 e. The second kappa shape index (κ2) is 6.84. The summed E-state index contributed by atoms with van der Waals surface area (Å²) in [5.74, 6) is -0.0610. The van der Waals surface area contributed by atoms with Crippen molar-refractivity contribution < 1.29 is 9.53 Å². The second-order valence-electron chi connectivity index (χ2n) is 3.98. The van der Waals surface area contributed by atoms with E-state index in [9.17, 15) is 4.79 Å². The number of halogens is 1. The molecule has 19 heavy (non-hydrogen) atoms. The number of methoxy groups -OCH3 is 1. The molecule has 0 unspecified atom stereocenters. The lowest BCUT2D eigenvalue weighted by Crippen LogP contribution is -2.22. The van der Waals surface area contributed by atoms with Crippen LogP contribution in [0.15, 0.2) is 40.2 Å². The van der Waals surface area contributed by atoms with Crippen molar-refractivity contribution in [3.05, 3.63) is 56.2 Å². The summed E-state index contributed by atoms with van der Waals surface area (Å²) >= 11 is 4.79. The summed E-state index contributed by atoms with van der Waals surface area (Å²) in [6.45, 7) is 1.05. The van der Waals surface area contributed by atoms with Crippen LogP contribution >= 0.6 is 27.3 Å². The SMILES string of the molecule is COCc1ccccc1CNC(=O)c1sccc1Br. The number of carbonyl (C=O) groups excluding carboxylic acids is 1. The van der Waals surface area contributed by atoms with E-state index in [2.05, 4.69) is 21.2 Å². The summed E-state index contributed by atoms with van der Waals surface area (Å²) in [4.78, 5) is 12.7. The summed E-state index contributed by atoms with van der Waals surface area (Å²) in [7, 11) is 1.66. The van der Waals surface area contributed by atoms with Gasteiger partial charge in [-0.15, -0.1) is 11.3 Å². The van der Waals surface area contributed by atoms with Gasteiger partial charge in [-0.2, -0.15) is 0 Å². The van der Waals surface area contributed by atoms with E-state index in [1.807, 2.05) is 35.7 Å². The molecule has 0 atom stereocenters. The van der Waals surface area contributed by atoms with E-state index >= 15 is 0 Å². The topological polar surface area (TPSA) is 38.3 Å². The predicted octanol–water partition coefficient (Wildman–Crippen LogP) is 3.59. The monoisotopic (exact) mass is 339 g/mol. The van der Waals surface area contributed by atoms with Gasteiger partial charge in [-0.3, -0.25) is 4.79 Å². The van der Waals surface area contributed by atoms with Crippen molar-refractivity contribution in [3.63, 3.8) is 0 Å². The van der Waals surface area contributed by atoms with Gasteiger partial charge >= 0.3 is 0 Å². The van der Waals surface area contributed by atoms with Gasteiger partial charge in [-0.25, -0.2) is 0 Å². The van der Waals surface area contributed by atoms with Crippen molar-refractivity contribution in [1.82, 2.24) is 5.32 Å². The Morgan fingerprint density at radius 2 is 2.05 bits per heavy atom. The van der Waals surface area contributed by atoms with Crippen molar-refractivity contribution in [2.24, 2.45) is 0 Å². The Labute approximate surface area is 124 Å². The molecule has 1 aromatic heterocycles. The Balaban J connectivity index is 2.03. The third kappa shape index (κ3) is 3.65. The second-order valence-corrected chi connectivity index (χ2v) is 5.75. The number of amides is 1. The molecular weight excluding hydrogens is 326 g/mol. The van der Waals surface area contributed by atoms with Crippen LogP contribution in [0.2, 0.25) is 0 Å². The van der Waals surface area contributed by atoms with Crippen molar-refractivity contribution in [2.75, 3.05) is 7.11 Å². The van der Waals surface area contributed by atoms with Crippen LogP contribution < -0.4 is 5.32 Å². The van der Waals surface area contributed by atoms with Crippen LogP contribution in [0, 0.1) is 0 Å². The molecule has 0 saturated carbocycles. The Bertz CT molecular complexity index is 568. The molecule has 1 aromatic carbocycles. The molecule has 5 heteroatoms. The molecule has 3 nitrogen and oxygen atoms in total. The van der Waals surface area contributed by atoms with Gasteiger partial charge in [0.05, 0.1) is 6.61 Å². The summed E-state index contributed by atoms with van der Waals surface area (Å²) in [5, 5.41) is 4.81. The normalized spacial score (nSPS) is 10.4. The van der Waals surface area contributed by atoms with Crippen LogP contribution in [0.4, 0.5) is 0 Å². The highest BCUT2D eigenvalue weighted by Gasteiger charge is 2.11. The quantitative estimate of drug-likeness (QED) is 0.903. The Morgan fingerprint density at radius 3 is 2.68 bits per heavy atom. The van der Waals surface area contributed by atoms with E-state index in [1.165, 1.54) is 11.3 Å². The molecule has 1 heterocycles. The number of benzene rings is 1. The molecule has 0 bridgehead atoms. The third-order valence-electron chi connectivity index (χ3n) is 2.68. The number of rotatable bonds is 5. The van der Waals surface area contributed by atoms with Crippen LogP contribution in [-0.4, -0.2) is 13.0 Å². The fraction of sp³-hybridized carbons (Fsp3) is 0.214. The average Bonchev–Trinajstić information content (AvgIpc) is 2.84. The van der Waals surface area contributed by atoms with E-state index in [0.29, 0.717) is 18.0 Å². The Kier molecular flexibility index (Phi) is 5.13. The molecule has 0 aliphatic heterocycles. The molecule has 0 aliphatic carbocycles. The van der Waals surface area contributed by atoms with E-state index in [1.54, 1.807) is 7.11 Å². The minimum atomic E-state index is -0.0610. The van der Waals surface area contributed by atoms with E-state index in [-0.39, 0.29) is 5.91 Å². The first-order valence-corrected chi connectivity index (χ1v) is 7.46. The number of hydrogen-bond donors (Lipinski definition) is 1. The fourth-order valence-corrected chi connectivity index (χ4v) is 3.21. The van der Waals surface area contributed by atoms with Crippen molar-refractivity contribution in [1.29, 1.82) is 0 Å². The zero-order chi connectivity index (χ0) is 13.7. The van der Waals surface area contributed by atoms with Crippen LogP contribution in [0.1, 0.15) is 20.8 Å². The number of nitrogens with one attached hydrogen (secondary N) is 1. The van der Waals surface area contributed by atoms with Crippen molar-refractivity contribution >= 4 is 33.2 Å². The van der Waals surface area contributed by atoms with E-state index < -0.39 is 0 Å². The maximum Gasteiger partial charge on any atom is 0.262 e. The number of ether oxygens (including phenoxy) is 1. The summed E-state index contributed by atoms with van der Waals surface area (Å²) in [6, 6.07) is 9.81. The Hall–Kier alpha value is -1.17. The van der Waals surface area contributed by atoms with Gasteiger partial charge in [-0.1, -0.05) is 24.3 Å². The summed E-state index contributed by atoms with van der Waals surface area (Å²) in [5.41, 5.74) is 2.17. The van der Waals surface area contributed by atoms with Crippen LogP contribution in [0.5, 0.6) is 0 Å². The van der Waals surface area contributed by atoms with Gasteiger partial charge in [0.25, 0.3) is 5.91 Å². The first-order valence-electron chi connectivity index (χ1n) is 5.79. The van der Waals surface area contributed by atoms with Gasteiger partial charge in [-0.05, 0) is 38.5 Å². The number of thiophene rings is 1. The molecule has 100 valence electrons. The largest absolute Gasteiger partial charge is 0.380 e. The minimum absolute atomic E-state index is 0.0610. The summed E-state index contributed by atoms with van der Waals surface area (Å²) in [6.07, 6.45) is 0. The summed E-state index contributed by atoms with van der Waals surface area (Å²) < 4.78 is 5.98. The maximum absolute atomic E-state index is 12.0. The molecule has 0 saturated heterocycles. The van der Waals surface area contributed by atoms with Gasteiger partial charge < -0.3 is 10.1 Å². The molecule has 0 radical (unpaired) electrons. The first-order chi connectivity index (χ1) is 9.22. The van der Waals surface area contributed by atoms with Gasteiger partial charge in [0.1, 0.15) is 4.88 Å². The van der Waals surface area contributed by atoms with Crippen LogP contribution in [-0.2, 0) is 17.9 Å². The highest BCUT2D eigenvalue weighted by atomic mass is 79.9. The van der Waals surface area contributed by atoms with E-state index in [4.69, 9.17) is 4.74 Å². The zero-order valence-corrected chi connectivity index (χ0v) is 12.9. The average molecular weight is 340 g/mol. The molecule has 2 rings (SSSR count). The number of carbonyl (C=O) groups is 1. The molecule has 1 N–H and O–H groups in total. The maximum atomic E-state index is 12.0. The number of hydrogen-bond acceptors (Lipinski definition) is 3. The lowest BCUT2D eigenvalue weighted by Gasteiger charge is -2.09. The molecular formula is C14H14BrNO2S. The fourth-order valence-electron chi connectivity index (χ4n) is 1.74. The molecule has 1 amide bonds. The highest BCUT2D eigenvalue weighted by molar-refractivity contribution is 9.10. The van der Waals surface area contributed by atoms with Crippen LogP contribution in [0.25, 0.3) is 0 Å². The lowest BCUT2D eigenvalue weighted by atomic mass is 10.1. The van der Waals surface area contributed by atoms with E-state index in [0.717, 1.165) is 15.6 Å². The Morgan fingerprint density at radius 1 is 1.32 bits per heavy atom. The first kappa shape index (κ1) is 14.2. The third-order valence-corrected chi connectivity index (χ3v) is 4.52. The van der Waals surface area contributed by atoms with Crippen molar-refractivity contribution in [2.45, 2.75) is 13.2 Å². The predicted molar refractivity (Wildman–Crippen MR) is 80.3 cm³/mol. The highest BCUT2D eigenvalue weighted by Crippen LogP contribution is 2.22. The van der Waals surface area contributed by atoms with Gasteiger partial charge in [0, 0.05) is 18.1 Å². The van der Waals surface area contributed by atoms with Gasteiger partial charge in [0.2, 0.25) is 0 Å². The van der Waals surface area contributed by atoms with Crippen LogP contribution in [0.3, 0.4) is 0 Å². The van der Waals surface area contributed by atoms with Crippen molar-refractivity contribution in [3.8, 4) is 0 Å². The zero-order valence-electron chi connectivity index (χ0n) is 10.5. The lowest BCUT2D eigenvalue weighted by molar-refractivity contribution is 0.0954. The molecule has 0 spiro atoms. The molecule has 0 aliphatic rings. The molecule has 2 aromatic rings. The minimum Gasteiger partial charge on any atom is -0.380 e. The van der Waals surface area contributed by atoms with Gasteiger partial charge in [0.15, 0.2) is 0 Å².